The van der Waals surface area contributed by atoms with E-state index in [0.717, 1.165) is 0 Å². The first kappa shape index (κ1) is 16.1. The van der Waals surface area contributed by atoms with Crippen molar-refractivity contribution in [2.45, 2.75) is 36.6 Å². The third-order valence-corrected chi connectivity index (χ3v) is 3.73. The Balaban J connectivity index is 2.46. The molecule has 0 saturated carbocycles. The maximum absolute atomic E-state index is 10.7. The lowest BCUT2D eigenvalue weighted by molar-refractivity contribution is -0.358. The summed E-state index contributed by atoms with van der Waals surface area (Å²) in [5, 5.41) is 49.7. The van der Waals surface area contributed by atoms with Crippen molar-refractivity contribution in [3.63, 3.8) is 0 Å². The van der Waals surface area contributed by atoms with Gasteiger partial charge in [0.2, 0.25) is 5.79 Å². The Morgan fingerprint density at radius 3 is 2.48 bits per heavy atom. The highest BCUT2D eigenvalue weighted by atomic mass is 16.7. The molecule has 1 aromatic rings. The summed E-state index contributed by atoms with van der Waals surface area (Å²) in [5.74, 6) is -2.22. The Kier molecular flexibility index (Phi) is 4.77. The second kappa shape index (κ2) is 6.23. The first-order valence-corrected chi connectivity index (χ1v) is 6.70. The average Bonchev–Trinajstić information content (AvgIpc) is 2.50. The van der Waals surface area contributed by atoms with Crippen LogP contribution in [0.3, 0.4) is 0 Å². The fraction of sp³-hybridized carbons (Fsp3) is 0.467. The van der Waals surface area contributed by atoms with Crippen molar-refractivity contribution in [2.24, 2.45) is 0 Å². The van der Waals surface area contributed by atoms with E-state index >= 15 is 0 Å². The Morgan fingerprint density at radius 1 is 1.19 bits per heavy atom. The van der Waals surface area contributed by atoms with E-state index in [1.165, 1.54) is 0 Å². The van der Waals surface area contributed by atoms with Gasteiger partial charge in [0.1, 0.15) is 24.4 Å². The van der Waals surface area contributed by atoms with Crippen molar-refractivity contribution in [1.29, 1.82) is 0 Å². The summed E-state index contributed by atoms with van der Waals surface area (Å²) in [6, 6.07) is 6.70. The van der Waals surface area contributed by atoms with Crippen LogP contribution >= 0.6 is 0 Å². The average molecular weight is 296 g/mol. The van der Waals surface area contributed by atoms with Gasteiger partial charge in [0.05, 0.1) is 6.61 Å². The van der Waals surface area contributed by atoms with Crippen LogP contribution in [0, 0.1) is 0 Å². The van der Waals surface area contributed by atoms with Gasteiger partial charge in [-0.05, 0) is 12.0 Å². The van der Waals surface area contributed by atoms with Gasteiger partial charge in [-0.2, -0.15) is 0 Å². The van der Waals surface area contributed by atoms with Gasteiger partial charge < -0.3 is 30.3 Å². The van der Waals surface area contributed by atoms with Gasteiger partial charge in [-0.15, -0.1) is 6.58 Å². The third kappa shape index (κ3) is 2.74. The number of rotatable bonds is 4. The van der Waals surface area contributed by atoms with Gasteiger partial charge in [0.25, 0.3) is 0 Å². The standard InChI is InChI=1S/C15H20O6/c1-2-5-9-6-3-4-7-10(9)15(20)14(19)13(18)12(17)11(8-16)21-15/h2-4,6-7,11-14,16-20H,1,5,8H2/t11-,12-,13+,14-,15-/m1/s1. The molecule has 1 heterocycles. The molecule has 5 N–H and O–H groups in total. The van der Waals surface area contributed by atoms with Crippen molar-refractivity contribution < 1.29 is 30.3 Å². The SMILES string of the molecule is C=CCc1ccccc1[C@@]1(O)O[C@H](CO)[C@@H](O)[C@H](O)[C@H]1O. The maximum Gasteiger partial charge on any atom is 0.222 e. The monoisotopic (exact) mass is 296 g/mol. The van der Waals surface area contributed by atoms with Crippen LogP contribution in [0.15, 0.2) is 36.9 Å². The van der Waals surface area contributed by atoms with E-state index in [9.17, 15) is 25.5 Å². The molecule has 116 valence electrons. The largest absolute Gasteiger partial charge is 0.394 e. The maximum atomic E-state index is 10.7. The van der Waals surface area contributed by atoms with E-state index < -0.39 is 36.8 Å². The Morgan fingerprint density at radius 2 is 1.86 bits per heavy atom. The molecule has 0 aromatic heterocycles. The van der Waals surface area contributed by atoms with Gasteiger partial charge in [-0.1, -0.05) is 30.3 Å². The first-order valence-electron chi connectivity index (χ1n) is 6.70. The molecule has 6 nitrogen and oxygen atoms in total. The van der Waals surface area contributed by atoms with E-state index in [1.807, 2.05) is 0 Å². The van der Waals surface area contributed by atoms with Crippen LogP contribution in [0.5, 0.6) is 0 Å². The molecular weight excluding hydrogens is 276 g/mol. The molecule has 0 bridgehead atoms. The van der Waals surface area contributed by atoms with Crippen molar-refractivity contribution in [3.8, 4) is 0 Å². The summed E-state index contributed by atoms with van der Waals surface area (Å²) in [7, 11) is 0. The molecule has 0 aliphatic carbocycles. The second-order valence-electron chi connectivity index (χ2n) is 5.11. The number of aliphatic hydroxyl groups excluding tert-OH is 4. The van der Waals surface area contributed by atoms with Crippen molar-refractivity contribution in [3.05, 3.63) is 48.0 Å². The molecule has 0 spiro atoms. The summed E-state index contributed by atoms with van der Waals surface area (Å²) in [4.78, 5) is 0. The highest BCUT2D eigenvalue weighted by Crippen LogP contribution is 2.37. The van der Waals surface area contributed by atoms with Crippen LogP contribution in [0.2, 0.25) is 0 Å². The Bertz CT molecular complexity index is 503. The fourth-order valence-electron chi connectivity index (χ4n) is 2.58. The first-order chi connectivity index (χ1) is 9.95. The van der Waals surface area contributed by atoms with Crippen LogP contribution in [0.1, 0.15) is 11.1 Å². The fourth-order valence-corrected chi connectivity index (χ4v) is 2.58. The van der Waals surface area contributed by atoms with Crippen LogP contribution < -0.4 is 0 Å². The lowest BCUT2D eigenvalue weighted by atomic mass is 9.85. The quantitative estimate of drug-likeness (QED) is 0.458. The van der Waals surface area contributed by atoms with E-state index in [1.54, 1.807) is 30.3 Å². The molecule has 1 aliphatic heterocycles. The molecule has 6 heteroatoms. The molecule has 2 rings (SSSR count). The highest BCUT2D eigenvalue weighted by molar-refractivity contribution is 5.34. The van der Waals surface area contributed by atoms with Gasteiger partial charge in [0.15, 0.2) is 0 Å². The summed E-state index contributed by atoms with van der Waals surface area (Å²) < 4.78 is 5.30. The minimum Gasteiger partial charge on any atom is -0.394 e. The molecule has 0 unspecified atom stereocenters. The molecule has 1 saturated heterocycles. The van der Waals surface area contributed by atoms with Gasteiger partial charge >= 0.3 is 0 Å². The van der Waals surface area contributed by atoms with E-state index in [0.29, 0.717) is 12.0 Å². The Hall–Kier alpha value is -1.28. The Labute approximate surface area is 122 Å². The topological polar surface area (TPSA) is 110 Å². The number of hydrogen-bond donors (Lipinski definition) is 5. The zero-order valence-corrected chi connectivity index (χ0v) is 11.5. The van der Waals surface area contributed by atoms with E-state index in [4.69, 9.17) is 4.74 Å². The summed E-state index contributed by atoms with van der Waals surface area (Å²) in [5.41, 5.74) is 0.927. The summed E-state index contributed by atoms with van der Waals surface area (Å²) >= 11 is 0. The van der Waals surface area contributed by atoms with E-state index in [2.05, 4.69) is 6.58 Å². The molecule has 0 radical (unpaired) electrons. The molecule has 1 aromatic carbocycles. The molecule has 5 atom stereocenters. The summed E-state index contributed by atoms with van der Waals surface area (Å²) in [6.07, 6.45) is -4.02. The van der Waals surface area contributed by atoms with Crippen molar-refractivity contribution in [2.75, 3.05) is 6.61 Å². The van der Waals surface area contributed by atoms with Gasteiger partial charge in [-0.25, -0.2) is 0 Å². The lowest BCUT2D eigenvalue weighted by Gasteiger charge is -2.46. The zero-order chi connectivity index (χ0) is 15.6. The normalized spacial score (nSPS) is 36.4. The highest BCUT2D eigenvalue weighted by Gasteiger charge is 2.54. The number of allylic oxidation sites excluding steroid dienone is 1. The minimum atomic E-state index is -2.22. The zero-order valence-electron chi connectivity index (χ0n) is 11.5. The van der Waals surface area contributed by atoms with Crippen LogP contribution in [-0.4, -0.2) is 56.6 Å². The molecule has 0 amide bonds. The molecule has 1 aliphatic rings. The third-order valence-electron chi connectivity index (χ3n) is 3.73. The molecular formula is C15H20O6. The predicted molar refractivity (Wildman–Crippen MR) is 74.2 cm³/mol. The second-order valence-corrected chi connectivity index (χ2v) is 5.11. The number of ether oxygens (including phenoxy) is 1. The van der Waals surface area contributed by atoms with Crippen LogP contribution in [0.25, 0.3) is 0 Å². The summed E-state index contributed by atoms with van der Waals surface area (Å²) in [6.45, 7) is 3.03. The molecule has 1 fully saturated rings. The number of benzene rings is 1. The van der Waals surface area contributed by atoms with E-state index in [-0.39, 0.29) is 5.56 Å². The van der Waals surface area contributed by atoms with Crippen molar-refractivity contribution in [1.82, 2.24) is 0 Å². The van der Waals surface area contributed by atoms with Gasteiger partial charge in [0, 0.05) is 5.56 Å². The number of aliphatic hydroxyl groups is 5. The van der Waals surface area contributed by atoms with Crippen molar-refractivity contribution >= 4 is 0 Å². The molecule has 21 heavy (non-hydrogen) atoms. The smallest absolute Gasteiger partial charge is 0.222 e. The van der Waals surface area contributed by atoms with Crippen LogP contribution in [-0.2, 0) is 16.9 Å². The van der Waals surface area contributed by atoms with Gasteiger partial charge in [-0.3, -0.25) is 0 Å². The minimum absolute atomic E-state index is 0.266. The lowest BCUT2D eigenvalue weighted by Crippen LogP contribution is -2.63. The number of hydrogen-bond acceptors (Lipinski definition) is 6. The van der Waals surface area contributed by atoms with Crippen LogP contribution in [0.4, 0.5) is 0 Å². The predicted octanol–water partition coefficient (Wildman–Crippen LogP) is -0.966.